The maximum Gasteiger partial charge on any atom is 0.253 e. The maximum atomic E-state index is 13.2. The van der Waals surface area contributed by atoms with Crippen molar-refractivity contribution in [2.24, 2.45) is 0 Å². The molecule has 0 unspecified atom stereocenters. The molecule has 1 saturated heterocycles. The van der Waals surface area contributed by atoms with Gasteiger partial charge in [0.15, 0.2) is 11.5 Å². The Hall–Kier alpha value is -2.95. The smallest absolute Gasteiger partial charge is 0.253 e. The predicted molar refractivity (Wildman–Crippen MR) is 101 cm³/mol. The molecule has 0 radical (unpaired) electrons. The lowest BCUT2D eigenvalue weighted by Crippen LogP contribution is -2.34. The number of ether oxygens (including phenoxy) is 3. The van der Waals surface area contributed by atoms with Gasteiger partial charge >= 0.3 is 0 Å². The van der Waals surface area contributed by atoms with Gasteiger partial charge in [-0.2, -0.15) is 0 Å². The molecule has 1 amide bonds. The van der Waals surface area contributed by atoms with Gasteiger partial charge in [-0.25, -0.2) is 0 Å². The fourth-order valence-electron chi connectivity index (χ4n) is 4.05. The Bertz CT molecular complexity index is 920. The number of carbonyl (C=O) groups excluding carboxylic acids is 1. The Kier molecular flexibility index (Phi) is 4.00. The number of benzene rings is 2. The Balaban J connectivity index is 1.42. The minimum Gasteiger partial charge on any atom is -0.488 e. The van der Waals surface area contributed by atoms with E-state index in [9.17, 15) is 4.79 Å². The van der Waals surface area contributed by atoms with E-state index >= 15 is 0 Å². The molecule has 1 fully saturated rings. The SMILES string of the molecule is O=C(C1=Cc2ccccc2OC1)N1CCC[C@H]1c1ccc2c(c1)OCCO2. The summed E-state index contributed by atoms with van der Waals surface area (Å²) in [4.78, 5) is 15.2. The molecular formula is C22H21NO4. The number of nitrogens with zero attached hydrogens (tertiary/aromatic N) is 1. The van der Waals surface area contributed by atoms with Gasteiger partial charge < -0.3 is 19.1 Å². The second-order valence-electron chi connectivity index (χ2n) is 7.06. The van der Waals surface area contributed by atoms with E-state index in [1.165, 1.54) is 0 Å². The lowest BCUT2D eigenvalue weighted by atomic mass is 10.0. The summed E-state index contributed by atoms with van der Waals surface area (Å²) in [6, 6.07) is 13.9. The summed E-state index contributed by atoms with van der Waals surface area (Å²) in [6.07, 6.45) is 3.91. The quantitative estimate of drug-likeness (QED) is 0.818. The fourth-order valence-corrected chi connectivity index (χ4v) is 4.05. The van der Waals surface area contributed by atoms with E-state index in [-0.39, 0.29) is 11.9 Å². The molecule has 5 heteroatoms. The number of amides is 1. The van der Waals surface area contributed by atoms with E-state index < -0.39 is 0 Å². The van der Waals surface area contributed by atoms with E-state index in [2.05, 4.69) is 0 Å². The predicted octanol–water partition coefficient (Wildman–Crippen LogP) is 3.60. The summed E-state index contributed by atoms with van der Waals surface area (Å²) in [5.74, 6) is 2.44. The molecule has 0 aliphatic carbocycles. The fraction of sp³-hybridized carbons (Fsp3) is 0.318. The first-order valence-corrected chi connectivity index (χ1v) is 9.42. The zero-order chi connectivity index (χ0) is 18.2. The van der Waals surface area contributed by atoms with Gasteiger partial charge in [-0.05, 0) is 42.7 Å². The van der Waals surface area contributed by atoms with Crippen LogP contribution in [0.25, 0.3) is 6.08 Å². The maximum absolute atomic E-state index is 13.2. The number of carbonyl (C=O) groups is 1. The topological polar surface area (TPSA) is 48.0 Å². The van der Waals surface area contributed by atoms with Gasteiger partial charge in [-0.15, -0.1) is 0 Å². The molecule has 138 valence electrons. The summed E-state index contributed by atoms with van der Waals surface area (Å²) in [5.41, 5.74) is 2.77. The molecule has 2 aromatic rings. The molecule has 0 bridgehead atoms. The van der Waals surface area contributed by atoms with E-state index in [1.54, 1.807) is 0 Å². The number of hydrogen-bond acceptors (Lipinski definition) is 4. The lowest BCUT2D eigenvalue weighted by Gasteiger charge is -2.28. The molecule has 3 heterocycles. The summed E-state index contributed by atoms with van der Waals surface area (Å²) >= 11 is 0. The zero-order valence-electron chi connectivity index (χ0n) is 15.0. The van der Waals surface area contributed by atoms with Crippen LogP contribution >= 0.6 is 0 Å². The molecule has 0 spiro atoms. The molecule has 0 aromatic heterocycles. The average Bonchev–Trinajstić information content (AvgIpc) is 3.22. The van der Waals surface area contributed by atoms with Crippen LogP contribution in [-0.4, -0.2) is 37.2 Å². The number of likely N-dealkylation sites (tertiary alicyclic amines) is 1. The summed E-state index contributed by atoms with van der Waals surface area (Å²) < 4.78 is 17.1. The molecule has 0 N–H and O–H groups in total. The highest BCUT2D eigenvalue weighted by atomic mass is 16.6. The molecule has 0 saturated carbocycles. The summed E-state index contributed by atoms with van der Waals surface area (Å²) in [5, 5.41) is 0. The first kappa shape index (κ1) is 16.2. The van der Waals surface area contributed by atoms with Crippen LogP contribution in [0.3, 0.4) is 0 Å². The highest BCUT2D eigenvalue weighted by Gasteiger charge is 2.33. The van der Waals surface area contributed by atoms with Crippen molar-refractivity contribution in [3.8, 4) is 17.2 Å². The van der Waals surface area contributed by atoms with Crippen LogP contribution in [0.2, 0.25) is 0 Å². The molecule has 2 aromatic carbocycles. The van der Waals surface area contributed by atoms with E-state index in [1.807, 2.05) is 53.4 Å². The first-order valence-electron chi connectivity index (χ1n) is 9.42. The first-order chi connectivity index (χ1) is 13.3. The van der Waals surface area contributed by atoms with Gasteiger partial charge in [0.1, 0.15) is 25.6 Å². The van der Waals surface area contributed by atoms with Crippen LogP contribution in [0.5, 0.6) is 17.2 Å². The van der Waals surface area contributed by atoms with E-state index in [4.69, 9.17) is 14.2 Å². The van der Waals surface area contributed by atoms with Crippen molar-refractivity contribution in [1.29, 1.82) is 0 Å². The second kappa shape index (κ2) is 6.65. The minimum absolute atomic E-state index is 0.0573. The summed E-state index contributed by atoms with van der Waals surface area (Å²) in [6.45, 7) is 2.22. The van der Waals surface area contributed by atoms with Crippen molar-refractivity contribution in [3.63, 3.8) is 0 Å². The zero-order valence-corrected chi connectivity index (χ0v) is 15.0. The normalized spacial score (nSPS) is 20.5. The van der Waals surface area contributed by atoms with Crippen molar-refractivity contribution in [1.82, 2.24) is 4.90 Å². The highest BCUT2D eigenvalue weighted by Crippen LogP contribution is 2.39. The molecule has 5 rings (SSSR count). The molecule has 5 nitrogen and oxygen atoms in total. The van der Waals surface area contributed by atoms with Gasteiger partial charge in [0.2, 0.25) is 0 Å². The Morgan fingerprint density at radius 3 is 2.74 bits per heavy atom. The Morgan fingerprint density at radius 2 is 1.81 bits per heavy atom. The van der Waals surface area contributed by atoms with Crippen LogP contribution in [0.4, 0.5) is 0 Å². The number of fused-ring (bicyclic) bond motifs is 2. The molecule has 1 atom stereocenters. The molecule has 3 aliphatic rings. The van der Waals surface area contributed by atoms with Gasteiger partial charge in [0.25, 0.3) is 5.91 Å². The number of rotatable bonds is 2. The van der Waals surface area contributed by atoms with Crippen LogP contribution in [0.1, 0.15) is 30.0 Å². The number of hydrogen-bond donors (Lipinski definition) is 0. The molecule has 27 heavy (non-hydrogen) atoms. The van der Waals surface area contributed by atoms with Crippen LogP contribution < -0.4 is 14.2 Å². The van der Waals surface area contributed by atoms with Crippen molar-refractivity contribution in [3.05, 3.63) is 59.2 Å². The molecule has 3 aliphatic heterocycles. The monoisotopic (exact) mass is 363 g/mol. The lowest BCUT2D eigenvalue weighted by molar-refractivity contribution is -0.128. The Morgan fingerprint density at radius 1 is 0.963 bits per heavy atom. The van der Waals surface area contributed by atoms with Gasteiger partial charge in [0, 0.05) is 12.1 Å². The molecular weight excluding hydrogens is 342 g/mol. The standard InChI is InChI=1S/C22H21NO4/c24-22(17-12-16-4-1-2-6-19(16)27-14-17)23-9-3-5-18(23)15-7-8-20-21(13-15)26-11-10-25-20/h1-2,4,6-8,12-13,18H,3,5,9-11,14H2/t18-/m0/s1. The van der Waals surface area contributed by atoms with Crippen molar-refractivity contribution < 1.29 is 19.0 Å². The van der Waals surface area contributed by atoms with Crippen LogP contribution in [0.15, 0.2) is 48.0 Å². The number of para-hydroxylation sites is 1. The largest absolute Gasteiger partial charge is 0.488 e. The minimum atomic E-state index is 0.0573. The third-order valence-corrected chi connectivity index (χ3v) is 5.37. The second-order valence-corrected chi connectivity index (χ2v) is 7.06. The van der Waals surface area contributed by atoms with Gasteiger partial charge in [-0.3, -0.25) is 4.79 Å². The van der Waals surface area contributed by atoms with Gasteiger partial charge in [0.05, 0.1) is 11.6 Å². The van der Waals surface area contributed by atoms with Crippen molar-refractivity contribution >= 4 is 12.0 Å². The Labute approximate surface area is 158 Å². The van der Waals surface area contributed by atoms with E-state index in [0.29, 0.717) is 25.4 Å². The van der Waals surface area contributed by atoms with Crippen molar-refractivity contribution in [2.75, 3.05) is 26.4 Å². The van der Waals surface area contributed by atoms with Gasteiger partial charge in [-0.1, -0.05) is 24.3 Å². The van der Waals surface area contributed by atoms with Crippen LogP contribution in [0, 0.1) is 0 Å². The highest BCUT2D eigenvalue weighted by molar-refractivity contribution is 5.99. The average molecular weight is 363 g/mol. The van der Waals surface area contributed by atoms with Crippen LogP contribution in [-0.2, 0) is 4.79 Å². The third-order valence-electron chi connectivity index (χ3n) is 5.37. The summed E-state index contributed by atoms with van der Waals surface area (Å²) in [7, 11) is 0. The third kappa shape index (κ3) is 2.93. The van der Waals surface area contributed by atoms with Crippen molar-refractivity contribution in [2.45, 2.75) is 18.9 Å². The van der Waals surface area contributed by atoms with E-state index in [0.717, 1.165) is 47.8 Å².